The van der Waals surface area contributed by atoms with Gasteiger partial charge in [-0.3, -0.25) is 4.79 Å². The summed E-state index contributed by atoms with van der Waals surface area (Å²) in [5.74, 6) is 0.340. The van der Waals surface area contributed by atoms with E-state index < -0.39 is 36.1 Å². The monoisotopic (exact) mass is 475 g/mol. The summed E-state index contributed by atoms with van der Waals surface area (Å²) in [5, 5.41) is 5.85. The van der Waals surface area contributed by atoms with E-state index in [1.54, 1.807) is 45.0 Å². The Morgan fingerprint density at radius 3 is 2.35 bits per heavy atom. The summed E-state index contributed by atoms with van der Waals surface area (Å²) in [5.41, 5.74) is -0.723. The Morgan fingerprint density at radius 1 is 1.21 bits per heavy atom. The van der Waals surface area contributed by atoms with E-state index in [1.807, 2.05) is 27.7 Å². The number of ether oxygens (including phenoxy) is 1. The minimum absolute atomic E-state index is 0.0123. The molecule has 0 unspecified atom stereocenters. The first kappa shape index (κ1) is 26.2. The van der Waals surface area contributed by atoms with Crippen LogP contribution in [-0.2, 0) is 18.8 Å². The van der Waals surface area contributed by atoms with E-state index in [1.165, 1.54) is 0 Å². The lowest BCUT2D eigenvalue weighted by Crippen LogP contribution is -2.50. The van der Waals surface area contributed by atoms with E-state index in [2.05, 4.69) is 20.6 Å². The van der Waals surface area contributed by atoms with Crippen molar-refractivity contribution in [3.63, 3.8) is 0 Å². The SMILES string of the molecule is C[C@@H](NC(=O)OC(C)(C)C)C(=O)N1CCC[C@@H]1CNc1ncc(B2OC(C)(C)C(C)(C)O2)cn1. The highest BCUT2D eigenvalue weighted by molar-refractivity contribution is 6.61. The predicted molar refractivity (Wildman–Crippen MR) is 130 cm³/mol. The van der Waals surface area contributed by atoms with Crippen molar-refractivity contribution >= 4 is 30.5 Å². The van der Waals surface area contributed by atoms with Gasteiger partial charge < -0.3 is 29.6 Å². The first-order chi connectivity index (χ1) is 15.7. The summed E-state index contributed by atoms with van der Waals surface area (Å²) in [6, 6.07) is -0.687. The van der Waals surface area contributed by atoms with Gasteiger partial charge in [-0.15, -0.1) is 0 Å². The van der Waals surface area contributed by atoms with Gasteiger partial charge in [-0.1, -0.05) is 0 Å². The van der Waals surface area contributed by atoms with Crippen molar-refractivity contribution < 1.29 is 23.6 Å². The molecule has 2 fully saturated rings. The Labute approximate surface area is 202 Å². The Morgan fingerprint density at radius 2 is 1.79 bits per heavy atom. The number of anilines is 1. The van der Waals surface area contributed by atoms with Gasteiger partial charge in [0, 0.05) is 37.0 Å². The molecular weight excluding hydrogens is 437 g/mol. The van der Waals surface area contributed by atoms with Crippen LogP contribution in [0.15, 0.2) is 12.4 Å². The third-order valence-electron chi connectivity index (χ3n) is 6.46. The van der Waals surface area contributed by atoms with Gasteiger partial charge in [-0.25, -0.2) is 14.8 Å². The van der Waals surface area contributed by atoms with E-state index in [9.17, 15) is 9.59 Å². The minimum Gasteiger partial charge on any atom is -0.444 e. The van der Waals surface area contributed by atoms with Crippen LogP contribution in [0.1, 0.15) is 68.2 Å². The molecule has 1 aromatic rings. The molecule has 2 saturated heterocycles. The van der Waals surface area contributed by atoms with Gasteiger partial charge in [0.2, 0.25) is 11.9 Å². The van der Waals surface area contributed by atoms with Crippen LogP contribution in [0.5, 0.6) is 0 Å². The maximum atomic E-state index is 12.9. The number of nitrogens with zero attached hydrogens (tertiary/aromatic N) is 3. The van der Waals surface area contributed by atoms with Gasteiger partial charge in [0.25, 0.3) is 0 Å². The normalized spacial score (nSPS) is 22.4. The van der Waals surface area contributed by atoms with Crippen LogP contribution in [0.25, 0.3) is 0 Å². The molecule has 34 heavy (non-hydrogen) atoms. The molecule has 0 radical (unpaired) electrons. The Hall–Kier alpha value is -2.40. The van der Waals surface area contributed by atoms with Crippen molar-refractivity contribution in [2.75, 3.05) is 18.4 Å². The zero-order chi connectivity index (χ0) is 25.3. The van der Waals surface area contributed by atoms with Crippen LogP contribution in [-0.4, -0.2) is 76.0 Å². The quantitative estimate of drug-likeness (QED) is 0.602. The van der Waals surface area contributed by atoms with Gasteiger partial charge in [-0.2, -0.15) is 0 Å². The average Bonchev–Trinajstić information content (AvgIpc) is 3.26. The van der Waals surface area contributed by atoms with Crippen LogP contribution in [0.2, 0.25) is 0 Å². The third-order valence-corrected chi connectivity index (χ3v) is 6.46. The molecular formula is C23H38BN5O5. The van der Waals surface area contributed by atoms with Crippen LogP contribution in [0.3, 0.4) is 0 Å². The lowest BCUT2D eigenvalue weighted by molar-refractivity contribution is -0.133. The molecule has 0 aliphatic carbocycles. The van der Waals surface area contributed by atoms with Crippen molar-refractivity contribution in [1.29, 1.82) is 0 Å². The lowest BCUT2D eigenvalue weighted by Gasteiger charge is -2.32. The summed E-state index contributed by atoms with van der Waals surface area (Å²) >= 11 is 0. The molecule has 1 aromatic heterocycles. The molecule has 0 bridgehead atoms. The van der Waals surface area contributed by atoms with Gasteiger partial charge in [0.05, 0.1) is 11.2 Å². The maximum Gasteiger partial charge on any atom is 0.498 e. The van der Waals surface area contributed by atoms with Crippen molar-refractivity contribution in [2.24, 2.45) is 0 Å². The summed E-state index contributed by atoms with van der Waals surface area (Å²) in [4.78, 5) is 35.6. The van der Waals surface area contributed by atoms with E-state index in [-0.39, 0.29) is 11.9 Å². The topological polar surface area (TPSA) is 115 Å². The molecule has 2 amide bonds. The van der Waals surface area contributed by atoms with Crippen LogP contribution >= 0.6 is 0 Å². The zero-order valence-corrected chi connectivity index (χ0v) is 21.6. The Kier molecular flexibility index (Phi) is 7.47. The van der Waals surface area contributed by atoms with Crippen LogP contribution in [0.4, 0.5) is 10.7 Å². The number of nitrogens with one attached hydrogen (secondary N) is 2. The number of carbonyl (C=O) groups excluding carboxylic acids is 2. The minimum atomic E-state index is -0.675. The number of rotatable bonds is 6. The number of likely N-dealkylation sites (tertiary alicyclic amines) is 1. The zero-order valence-electron chi connectivity index (χ0n) is 21.6. The second kappa shape index (κ2) is 9.69. The summed E-state index contributed by atoms with van der Waals surface area (Å²) in [6.07, 6.45) is 4.56. The van der Waals surface area contributed by atoms with Gasteiger partial charge >= 0.3 is 13.2 Å². The molecule has 3 rings (SSSR count). The molecule has 11 heteroatoms. The van der Waals surface area contributed by atoms with E-state index in [0.29, 0.717) is 19.0 Å². The van der Waals surface area contributed by atoms with Crippen molar-refractivity contribution in [2.45, 2.75) is 97.1 Å². The first-order valence-electron chi connectivity index (χ1n) is 11.9. The first-order valence-corrected chi connectivity index (χ1v) is 11.9. The second-order valence-corrected chi connectivity index (χ2v) is 11.0. The molecule has 2 aliphatic rings. The maximum absolute atomic E-state index is 12.9. The van der Waals surface area contributed by atoms with E-state index in [4.69, 9.17) is 14.0 Å². The molecule has 10 nitrogen and oxygen atoms in total. The summed E-state index contributed by atoms with van der Waals surface area (Å²) in [6.45, 7) is 16.2. The van der Waals surface area contributed by atoms with Gasteiger partial charge in [-0.05, 0) is 68.2 Å². The number of alkyl carbamates (subject to hydrolysis) is 1. The summed E-state index contributed by atoms with van der Waals surface area (Å²) in [7, 11) is -0.513. The number of aromatic nitrogens is 2. The number of hydrogen-bond acceptors (Lipinski definition) is 8. The average molecular weight is 475 g/mol. The molecule has 2 aliphatic heterocycles. The van der Waals surface area contributed by atoms with Crippen LogP contribution < -0.4 is 16.1 Å². The molecule has 0 saturated carbocycles. The molecule has 2 atom stereocenters. The predicted octanol–water partition coefficient (Wildman–Crippen LogP) is 2.09. The summed E-state index contributed by atoms with van der Waals surface area (Å²) < 4.78 is 17.3. The van der Waals surface area contributed by atoms with Crippen molar-refractivity contribution in [3.05, 3.63) is 12.4 Å². The molecule has 0 aromatic carbocycles. The van der Waals surface area contributed by atoms with E-state index >= 15 is 0 Å². The Balaban J connectivity index is 1.53. The highest BCUT2D eigenvalue weighted by Crippen LogP contribution is 2.36. The van der Waals surface area contributed by atoms with E-state index in [0.717, 1.165) is 18.3 Å². The molecule has 2 N–H and O–H groups in total. The molecule has 188 valence electrons. The number of hydrogen-bond donors (Lipinski definition) is 2. The highest BCUT2D eigenvalue weighted by atomic mass is 16.7. The van der Waals surface area contributed by atoms with Crippen molar-refractivity contribution in [1.82, 2.24) is 20.2 Å². The fourth-order valence-corrected chi connectivity index (χ4v) is 3.87. The fraction of sp³-hybridized carbons (Fsp3) is 0.739. The molecule has 3 heterocycles. The highest BCUT2D eigenvalue weighted by Gasteiger charge is 2.52. The molecule has 0 spiro atoms. The lowest BCUT2D eigenvalue weighted by atomic mass is 9.81. The number of carbonyl (C=O) groups is 2. The fourth-order valence-electron chi connectivity index (χ4n) is 3.87. The van der Waals surface area contributed by atoms with Gasteiger partial charge in [0.15, 0.2) is 0 Å². The van der Waals surface area contributed by atoms with Crippen molar-refractivity contribution in [3.8, 4) is 0 Å². The third kappa shape index (κ3) is 6.18. The largest absolute Gasteiger partial charge is 0.498 e. The Bertz CT molecular complexity index is 871. The van der Waals surface area contributed by atoms with Gasteiger partial charge in [0.1, 0.15) is 11.6 Å². The van der Waals surface area contributed by atoms with Crippen LogP contribution in [0, 0.1) is 0 Å². The standard InChI is InChI=1S/C23H38BN5O5/c1-15(28-20(31)32-21(2,3)4)18(30)29-11-9-10-17(29)14-27-19-25-12-16(13-26-19)24-33-22(5,6)23(7,8)34-24/h12-13,15,17H,9-11,14H2,1-8H3,(H,28,31)(H,25,26,27)/t15-,17-/m1/s1. The number of amides is 2. The second-order valence-electron chi connectivity index (χ2n) is 11.0. The smallest absolute Gasteiger partial charge is 0.444 e.